The molecule has 0 bridgehead atoms. The van der Waals surface area contributed by atoms with Crippen LogP contribution >= 0.6 is 0 Å². The Balaban J connectivity index is 2.30. The third kappa shape index (κ3) is 2.06. The van der Waals surface area contributed by atoms with Crippen LogP contribution in [0.3, 0.4) is 0 Å². The average molecular weight is 271 g/mol. The number of carboxylic acids is 1. The Labute approximate surface area is 117 Å². The van der Waals surface area contributed by atoms with E-state index in [2.05, 4.69) is 0 Å². The van der Waals surface area contributed by atoms with Gasteiger partial charge in [-0.05, 0) is 37.5 Å². The summed E-state index contributed by atoms with van der Waals surface area (Å²) in [5.41, 5.74) is 3.93. The molecule has 20 heavy (non-hydrogen) atoms. The number of nitrogens with zero attached hydrogens (tertiary/aromatic N) is 1. The number of aromatic carboxylic acids is 1. The summed E-state index contributed by atoms with van der Waals surface area (Å²) in [6.07, 6.45) is 0.905. The summed E-state index contributed by atoms with van der Waals surface area (Å²) in [6, 6.07) is 5.66. The van der Waals surface area contributed by atoms with Gasteiger partial charge in [0.05, 0.1) is 17.7 Å². The van der Waals surface area contributed by atoms with Crippen LogP contribution in [0.1, 0.15) is 39.5 Å². The minimum absolute atomic E-state index is 0.206. The summed E-state index contributed by atoms with van der Waals surface area (Å²) in [5.74, 6) is -0.691. The van der Waals surface area contributed by atoms with E-state index in [1.54, 1.807) is 6.07 Å². The zero-order chi connectivity index (χ0) is 14.3. The number of pyridine rings is 1. The van der Waals surface area contributed by atoms with Crippen molar-refractivity contribution >= 4 is 16.9 Å². The highest BCUT2D eigenvalue weighted by molar-refractivity contribution is 6.04. The number of fused-ring (bicyclic) bond motifs is 1. The van der Waals surface area contributed by atoms with Gasteiger partial charge in [-0.25, -0.2) is 4.79 Å². The molecule has 1 atom stereocenters. The first-order valence-corrected chi connectivity index (χ1v) is 6.80. The molecule has 0 saturated carbocycles. The number of ether oxygens (including phenoxy) is 1. The lowest BCUT2D eigenvalue weighted by molar-refractivity contribution is 0.0698. The van der Waals surface area contributed by atoms with Crippen molar-refractivity contribution in [1.82, 2.24) is 4.98 Å². The molecule has 0 spiro atoms. The largest absolute Gasteiger partial charge is 0.478 e. The van der Waals surface area contributed by atoms with Crippen LogP contribution in [0.25, 0.3) is 10.9 Å². The van der Waals surface area contributed by atoms with E-state index in [9.17, 15) is 9.90 Å². The standard InChI is InChI=1S/C16H17NO3/c1-9-3-4-10(2)15-14(9)12(16(18)19)7-13(17-15)11-5-6-20-8-11/h3-4,7,11H,5-6,8H2,1-2H3,(H,18,19). The summed E-state index contributed by atoms with van der Waals surface area (Å²) in [6.45, 7) is 5.24. The lowest BCUT2D eigenvalue weighted by Gasteiger charge is -2.13. The summed E-state index contributed by atoms with van der Waals surface area (Å²) < 4.78 is 5.39. The van der Waals surface area contributed by atoms with Crippen LogP contribution in [-0.2, 0) is 4.74 Å². The van der Waals surface area contributed by atoms with Gasteiger partial charge in [0.25, 0.3) is 0 Å². The first kappa shape index (κ1) is 13.1. The molecule has 4 heteroatoms. The van der Waals surface area contributed by atoms with Crippen LogP contribution in [0.4, 0.5) is 0 Å². The van der Waals surface area contributed by atoms with Gasteiger partial charge in [-0.15, -0.1) is 0 Å². The zero-order valence-electron chi connectivity index (χ0n) is 11.6. The van der Waals surface area contributed by atoms with Crippen LogP contribution < -0.4 is 0 Å². The van der Waals surface area contributed by atoms with Crippen LogP contribution in [-0.4, -0.2) is 29.3 Å². The van der Waals surface area contributed by atoms with E-state index in [1.165, 1.54) is 0 Å². The van der Waals surface area contributed by atoms with Crippen molar-refractivity contribution in [3.63, 3.8) is 0 Å². The topological polar surface area (TPSA) is 59.4 Å². The molecule has 1 aromatic carbocycles. The molecule has 1 N–H and O–H groups in total. The van der Waals surface area contributed by atoms with Crippen molar-refractivity contribution in [2.75, 3.05) is 13.2 Å². The quantitative estimate of drug-likeness (QED) is 0.912. The van der Waals surface area contributed by atoms with E-state index in [4.69, 9.17) is 9.72 Å². The molecule has 0 amide bonds. The van der Waals surface area contributed by atoms with E-state index in [1.807, 2.05) is 26.0 Å². The molecule has 1 fully saturated rings. The molecule has 1 aliphatic rings. The fraction of sp³-hybridized carbons (Fsp3) is 0.375. The van der Waals surface area contributed by atoms with Crippen molar-refractivity contribution in [2.45, 2.75) is 26.2 Å². The Morgan fingerprint density at radius 2 is 2.10 bits per heavy atom. The van der Waals surface area contributed by atoms with Gasteiger partial charge in [-0.1, -0.05) is 12.1 Å². The minimum atomic E-state index is -0.897. The Hall–Kier alpha value is -1.94. The second-order valence-corrected chi connectivity index (χ2v) is 5.38. The maximum Gasteiger partial charge on any atom is 0.336 e. The molecule has 1 aliphatic heterocycles. The van der Waals surface area contributed by atoms with Crippen molar-refractivity contribution < 1.29 is 14.6 Å². The van der Waals surface area contributed by atoms with Gasteiger partial charge in [0.2, 0.25) is 0 Å². The summed E-state index contributed by atoms with van der Waals surface area (Å²) in [7, 11) is 0. The Bertz CT molecular complexity index is 688. The van der Waals surface area contributed by atoms with Gasteiger partial charge in [-0.3, -0.25) is 4.98 Å². The highest BCUT2D eigenvalue weighted by atomic mass is 16.5. The summed E-state index contributed by atoms with van der Waals surface area (Å²) in [5, 5.41) is 10.3. The summed E-state index contributed by atoms with van der Waals surface area (Å²) in [4.78, 5) is 16.3. The normalized spacial score (nSPS) is 18.6. The zero-order valence-corrected chi connectivity index (χ0v) is 11.6. The maximum absolute atomic E-state index is 11.6. The van der Waals surface area contributed by atoms with E-state index >= 15 is 0 Å². The number of rotatable bonds is 2. The predicted octanol–water partition coefficient (Wildman–Crippen LogP) is 3.05. The number of benzene rings is 1. The molecule has 2 heterocycles. The second-order valence-electron chi connectivity index (χ2n) is 5.38. The number of carboxylic acid groups (broad SMARTS) is 1. The highest BCUT2D eigenvalue weighted by Crippen LogP contribution is 2.30. The molecule has 104 valence electrons. The summed E-state index contributed by atoms with van der Waals surface area (Å²) >= 11 is 0. The van der Waals surface area contributed by atoms with E-state index in [0.717, 1.165) is 40.8 Å². The van der Waals surface area contributed by atoms with Crippen molar-refractivity contribution in [3.8, 4) is 0 Å². The molecule has 2 aromatic rings. The molecular formula is C16H17NO3. The monoisotopic (exact) mass is 271 g/mol. The van der Waals surface area contributed by atoms with E-state index < -0.39 is 5.97 Å². The lowest BCUT2D eigenvalue weighted by Crippen LogP contribution is -2.07. The second kappa shape index (κ2) is 4.87. The third-order valence-corrected chi connectivity index (χ3v) is 3.97. The van der Waals surface area contributed by atoms with Gasteiger partial charge >= 0.3 is 5.97 Å². The minimum Gasteiger partial charge on any atom is -0.478 e. The van der Waals surface area contributed by atoms with Gasteiger partial charge in [-0.2, -0.15) is 0 Å². The number of hydrogen-bond donors (Lipinski definition) is 1. The maximum atomic E-state index is 11.6. The van der Waals surface area contributed by atoms with Crippen molar-refractivity contribution in [2.24, 2.45) is 0 Å². The molecule has 1 saturated heterocycles. The van der Waals surface area contributed by atoms with Crippen LogP contribution in [0.2, 0.25) is 0 Å². The smallest absolute Gasteiger partial charge is 0.336 e. The SMILES string of the molecule is Cc1ccc(C)c2c(C(=O)O)cc(C3CCOC3)nc12. The Morgan fingerprint density at radius 1 is 1.35 bits per heavy atom. The Kier molecular flexibility index (Phi) is 3.18. The average Bonchev–Trinajstić information content (AvgIpc) is 2.96. The number of aryl methyl sites for hydroxylation is 2. The van der Waals surface area contributed by atoms with Crippen LogP contribution in [0, 0.1) is 13.8 Å². The first-order valence-electron chi connectivity index (χ1n) is 6.80. The third-order valence-electron chi connectivity index (χ3n) is 3.97. The van der Waals surface area contributed by atoms with Crippen LogP contribution in [0.5, 0.6) is 0 Å². The molecule has 0 radical (unpaired) electrons. The first-order chi connectivity index (χ1) is 9.58. The van der Waals surface area contributed by atoms with Crippen LogP contribution in [0.15, 0.2) is 18.2 Å². The fourth-order valence-corrected chi connectivity index (χ4v) is 2.81. The van der Waals surface area contributed by atoms with Crippen molar-refractivity contribution in [3.05, 3.63) is 40.6 Å². The number of hydrogen-bond acceptors (Lipinski definition) is 3. The predicted molar refractivity (Wildman–Crippen MR) is 76.4 cm³/mol. The molecule has 0 aliphatic carbocycles. The van der Waals surface area contributed by atoms with E-state index in [-0.39, 0.29) is 5.92 Å². The number of carbonyl (C=O) groups is 1. The molecular weight excluding hydrogens is 254 g/mol. The Morgan fingerprint density at radius 3 is 2.75 bits per heavy atom. The van der Waals surface area contributed by atoms with E-state index in [0.29, 0.717) is 12.2 Å². The van der Waals surface area contributed by atoms with Gasteiger partial charge in [0.1, 0.15) is 0 Å². The number of aromatic nitrogens is 1. The fourth-order valence-electron chi connectivity index (χ4n) is 2.81. The highest BCUT2D eigenvalue weighted by Gasteiger charge is 2.23. The molecule has 4 nitrogen and oxygen atoms in total. The van der Waals surface area contributed by atoms with Gasteiger partial charge in [0, 0.05) is 23.6 Å². The molecule has 1 unspecified atom stereocenters. The molecule has 1 aromatic heterocycles. The van der Waals surface area contributed by atoms with Gasteiger partial charge in [0.15, 0.2) is 0 Å². The van der Waals surface area contributed by atoms with Gasteiger partial charge < -0.3 is 9.84 Å². The lowest BCUT2D eigenvalue weighted by atomic mass is 9.96. The van der Waals surface area contributed by atoms with Crippen molar-refractivity contribution in [1.29, 1.82) is 0 Å². The molecule has 3 rings (SSSR count).